The van der Waals surface area contributed by atoms with Gasteiger partial charge in [0, 0.05) is 43.4 Å². The number of ether oxygens (including phenoxy) is 3. The zero-order valence-corrected chi connectivity index (χ0v) is 30.9. The first-order valence-corrected chi connectivity index (χ1v) is 17.9. The maximum Gasteiger partial charge on any atom is 0.410 e. The molecule has 2 fully saturated rings. The van der Waals surface area contributed by atoms with Crippen molar-refractivity contribution >= 4 is 31.4 Å². The van der Waals surface area contributed by atoms with Crippen molar-refractivity contribution in [1.29, 1.82) is 0 Å². The van der Waals surface area contributed by atoms with E-state index in [-0.39, 0.29) is 17.6 Å². The molecule has 3 heterocycles. The molecule has 0 unspecified atom stereocenters. The molecule has 49 heavy (non-hydrogen) atoms. The average Bonchev–Trinajstić information content (AvgIpc) is 3.65. The predicted molar refractivity (Wildman–Crippen MR) is 192 cm³/mol. The van der Waals surface area contributed by atoms with Gasteiger partial charge in [-0.3, -0.25) is 19.2 Å². The molecule has 0 saturated carbocycles. The minimum Gasteiger partial charge on any atom is -0.458 e. The van der Waals surface area contributed by atoms with Crippen LogP contribution in [0.15, 0.2) is 30.5 Å². The van der Waals surface area contributed by atoms with E-state index in [4.69, 9.17) is 19.9 Å². The van der Waals surface area contributed by atoms with Crippen LogP contribution in [0.2, 0.25) is 5.82 Å². The fourth-order valence-corrected chi connectivity index (χ4v) is 7.83. The fourth-order valence-electron chi connectivity index (χ4n) is 7.83. The van der Waals surface area contributed by atoms with E-state index >= 15 is 0 Å². The molecule has 2 aromatic rings. The first-order chi connectivity index (χ1) is 23.1. The lowest BCUT2D eigenvalue weighted by molar-refractivity contribution is -0.170. The SMILES string of the molecule is B[C@@H]1[C@@H](C)C(=O)[C@@H](C)C(=O)O[C@H](CC)[C@@]2(C)OC(=O)N(CCCCn3cc(-c4cccc(N)c4)nn3)[C@@H]2[C@H](C)NCC[C@@H](C)C[C@@]1(C)OC. The number of nitrogens with one attached hydrogen (secondary N) is 1. The Morgan fingerprint density at radius 3 is 2.51 bits per heavy atom. The number of methoxy groups -OCH3 is 1. The molecule has 1 aromatic heterocycles. The number of benzene rings is 1. The van der Waals surface area contributed by atoms with Gasteiger partial charge in [-0.25, -0.2) is 4.79 Å². The number of cyclic esters (lactones) is 1. The van der Waals surface area contributed by atoms with Crippen LogP contribution in [-0.2, 0) is 30.3 Å². The van der Waals surface area contributed by atoms with Crippen LogP contribution < -0.4 is 11.1 Å². The lowest BCUT2D eigenvalue weighted by atomic mass is 9.62. The van der Waals surface area contributed by atoms with Crippen molar-refractivity contribution in [1.82, 2.24) is 25.2 Å². The Balaban J connectivity index is 1.53. The second-order valence-corrected chi connectivity index (χ2v) is 14.8. The number of aromatic nitrogens is 3. The van der Waals surface area contributed by atoms with E-state index in [1.54, 1.807) is 23.6 Å². The zero-order valence-electron chi connectivity index (χ0n) is 30.9. The van der Waals surface area contributed by atoms with Crippen LogP contribution in [0, 0.1) is 17.8 Å². The van der Waals surface area contributed by atoms with E-state index in [0.29, 0.717) is 37.5 Å². The molecule has 1 amide bonds. The van der Waals surface area contributed by atoms with Crippen LogP contribution in [0.3, 0.4) is 0 Å². The minimum atomic E-state index is -1.13. The lowest BCUT2D eigenvalue weighted by Crippen LogP contribution is -2.60. The maximum atomic E-state index is 13.7. The number of esters is 1. The molecule has 0 aliphatic carbocycles. The number of rotatable bonds is 8. The van der Waals surface area contributed by atoms with E-state index < -0.39 is 47.2 Å². The molecule has 2 aliphatic heterocycles. The number of nitrogens with two attached hydrogens (primary N) is 1. The van der Waals surface area contributed by atoms with Gasteiger partial charge in [0.05, 0.1) is 17.8 Å². The smallest absolute Gasteiger partial charge is 0.410 e. The van der Waals surface area contributed by atoms with Crippen molar-refractivity contribution in [2.75, 3.05) is 25.9 Å². The van der Waals surface area contributed by atoms with Crippen molar-refractivity contribution in [3.8, 4) is 11.3 Å². The molecule has 13 heteroatoms. The molecule has 2 aliphatic rings. The third-order valence-electron chi connectivity index (χ3n) is 11.2. The summed E-state index contributed by atoms with van der Waals surface area (Å²) in [6.45, 7) is 15.4. The largest absolute Gasteiger partial charge is 0.458 e. The first kappa shape index (κ1) is 38.4. The van der Waals surface area contributed by atoms with Gasteiger partial charge in [0.1, 0.15) is 31.3 Å². The molecule has 0 bridgehead atoms. The average molecular weight is 681 g/mol. The quantitative estimate of drug-likeness (QED) is 0.136. The van der Waals surface area contributed by atoms with Gasteiger partial charge >= 0.3 is 12.1 Å². The van der Waals surface area contributed by atoms with Gasteiger partial charge < -0.3 is 25.3 Å². The topological polar surface area (TPSA) is 151 Å². The molecular formula is C36H57BN6O6. The maximum absolute atomic E-state index is 13.7. The van der Waals surface area contributed by atoms with Gasteiger partial charge in [-0.2, -0.15) is 0 Å². The van der Waals surface area contributed by atoms with Crippen LogP contribution in [0.5, 0.6) is 0 Å². The number of amides is 1. The molecule has 0 radical (unpaired) electrons. The van der Waals surface area contributed by atoms with Gasteiger partial charge in [0.15, 0.2) is 5.60 Å². The van der Waals surface area contributed by atoms with Crippen molar-refractivity contribution in [3.63, 3.8) is 0 Å². The highest BCUT2D eigenvalue weighted by atomic mass is 16.6. The Hall–Kier alpha value is -3.45. The lowest BCUT2D eigenvalue weighted by Gasteiger charge is -2.42. The van der Waals surface area contributed by atoms with Crippen LogP contribution in [0.1, 0.15) is 80.6 Å². The molecule has 9 atom stereocenters. The number of Topliss-reactive ketones (excluding diaryl/α,β-unsaturated/α-hetero) is 1. The fraction of sp³-hybridized carbons (Fsp3) is 0.694. The van der Waals surface area contributed by atoms with E-state index in [2.05, 4.69) is 36.4 Å². The Morgan fingerprint density at radius 1 is 1.12 bits per heavy atom. The highest BCUT2D eigenvalue weighted by Crippen LogP contribution is 2.40. The molecule has 1 aromatic carbocycles. The molecule has 3 N–H and O–H groups in total. The van der Waals surface area contributed by atoms with Crippen molar-refractivity contribution in [3.05, 3.63) is 30.5 Å². The Kier molecular flexibility index (Phi) is 12.6. The van der Waals surface area contributed by atoms with Gasteiger partial charge in [-0.1, -0.05) is 38.1 Å². The second-order valence-electron chi connectivity index (χ2n) is 14.8. The Morgan fingerprint density at radius 2 is 1.84 bits per heavy atom. The number of anilines is 1. The molecule has 270 valence electrons. The Labute approximate surface area is 292 Å². The standard InChI is InChI=1S/C36H57BN6O6/c1-9-29-36(7)32(43(34(46)49-36)18-11-10-17-42-21-28(40-41-42)26-13-12-14-27(38)19-26)25(5)39-16-15-22(2)20-35(6,47-8)31(37)23(3)30(44)24(4)33(45)48-29/h12-14,19,21-25,29,31-32,39H,9-11,15-18,20,37-38H2,1-8H3/t22-,23+,24-,25+,29-,31-,32-,35-,36-/m1/s1. The second kappa shape index (κ2) is 16.1. The molecule has 12 nitrogen and oxygen atoms in total. The number of carbonyl (C=O) groups is 3. The number of nitrogen functional groups attached to an aromatic ring is 1. The molecule has 0 spiro atoms. The van der Waals surface area contributed by atoms with E-state index in [9.17, 15) is 14.4 Å². The van der Waals surface area contributed by atoms with Crippen LogP contribution in [0.4, 0.5) is 10.5 Å². The molecule has 2 saturated heterocycles. The van der Waals surface area contributed by atoms with Gasteiger partial charge in [-0.05, 0) is 90.2 Å². The van der Waals surface area contributed by atoms with Crippen molar-refractivity contribution in [2.45, 2.75) is 122 Å². The highest BCUT2D eigenvalue weighted by molar-refractivity contribution is 6.15. The van der Waals surface area contributed by atoms with Crippen LogP contribution in [0.25, 0.3) is 11.3 Å². The molecular weight excluding hydrogens is 623 g/mol. The van der Waals surface area contributed by atoms with Gasteiger partial charge in [0.25, 0.3) is 0 Å². The third kappa shape index (κ3) is 8.48. The zero-order chi connectivity index (χ0) is 36.1. The summed E-state index contributed by atoms with van der Waals surface area (Å²) >= 11 is 0. The normalized spacial score (nSPS) is 33.6. The van der Waals surface area contributed by atoms with Gasteiger partial charge in [0.2, 0.25) is 0 Å². The number of carbonyl (C=O) groups excluding carboxylic acids is 3. The summed E-state index contributed by atoms with van der Waals surface area (Å²) in [6.07, 6.45) is 4.23. The van der Waals surface area contributed by atoms with Crippen LogP contribution in [-0.4, -0.2) is 95.2 Å². The number of unbranched alkanes of at least 4 members (excludes halogenated alkanes) is 1. The minimum absolute atomic E-state index is 0.120. The number of nitrogens with zero attached hydrogens (tertiary/aromatic N) is 4. The number of hydrogen-bond acceptors (Lipinski definition) is 10. The summed E-state index contributed by atoms with van der Waals surface area (Å²) in [5, 5.41) is 12.3. The first-order valence-electron chi connectivity index (χ1n) is 17.9. The van der Waals surface area contributed by atoms with Crippen molar-refractivity contribution < 1.29 is 28.6 Å². The van der Waals surface area contributed by atoms with Crippen molar-refractivity contribution in [2.24, 2.45) is 17.8 Å². The monoisotopic (exact) mass is 680 g/mol. The van der Waals surface area contributed by atoms with E-state index in [1.165, 1.54) is 0 Å². The summed E-state index contributed by atoms with van der Waals surface area (Å²) in [5.74, 6) is -1.99. The summed E-state index contributed by atoms with van der Waals surface area (Å²) in [7, 11) is 3.72. The van der Waals surface area contributed by atoms with Gasteiger partial charge in [-0.15, -0.1) is 5.10 Å². The summed E-state index contributed by atoms with van der Waals surface area (Å²) in [5.41, 5.74) is 6.58. The predicted octanol–water partition coefficient (Wildman–Crippen LogP) is 4.28. The van der Waals surface area contributed by atoms with E-state index in [1.807, 2.05) is 59.1 Å². The van der Waals surface area contributed by atoms with E-state index in [0.717, 1.165) is 37.1 Å². The molecule has 4 rings (SSSR count). The summed E-state index contributed by atoms with van der Waals surface area (Å²) < 4.78 is 20.1. The number of hydrogen-bond donors (Lipinski definition) is 2. The summed E-state index contributed by atoms with van der Waals surface area (Å²) in [4.78, 5) is 42.6. The Bertz CT molecular complexity index is 1460. The highest BCUT2D eigenvalue weighted by Gasteiger charge is 2.58. The van der Waals surface area contributed by atoms with Crippen LogP contribution >= 0.6 is 0 Å². The number of ketones is 1. The summed E-state index contributed by atoms with van der Waals surface area (Å²) in [6, 6.07) is 6.94. The number of fused-ring (bicyclic) bond motifs is 1. The third-order valence-corrected chi connectivity index (χ3v) is 11.2. The number of aryl methyl sites for hydroxylation is 1.